The molecule has 2 aromatic rings. The Morgan fingerprint density at radius 2 is 1.81 bits per heavy atom. The lowest BCUT2D eigenvalue weighted by molar-refractivity contribution is -0.122. The van der Waals surface area contributed by atoms with E-state index in [1.54, 1.807) is 36.4 Å². The Bertz CT molecular complexity index is 836. The summed E-state index contributed by atoms with van der Waals surface area (Å²) in [6, 6.07) is 11.8. The number of rotatable bonds is 5. The maximum absolute atomic E-state index is 12.9. The topological polar surface area (TPSA) is 87.3 Å². The van der Waals surface area contributed by atoms with Gasteiger partial charge in [0.1, 0.15) is 11.9 Å². The van der Waals surface area contributed by atoms with Crippen LogP contribution in [0.3, 0.4) is 0 Å². The molecule has 1 atom stereocenters. The second kappa shape index (κ2) is 7.77. The van der Waals surface area contributed by atoms with Gasteiger partial charge in [-0.15, -0.1) is 0 Å². The normalized spacial score (nSPS) is 16.1. The molecule has 26 heavy (non-hydrogen) atoms. The quantitative estimate of drug-likeness (QED) is 0.766. The summed E-state index contributed by atoms with van der Waals surface area (Å²) < 4.78 is 12.9. The number of anilines is 1. The van der Waals surface area contributed by atoms with Crippen molar-refractivity contribution < 1.29 is 18.8 Å². The van der Waals surface area contributed by atoms with Gasteiger partial charge in [0.2, 0.25) is 11.8 Å². The third-order valence-electron chi connectivity index (χ3n) is 4.11. The van der Waals surface area contributed by atoms with Crippen LogP contribution in [0.5, 0.6) is 0 Å². The number of carbonyl (C=O) groups excluding carboxylic acids is 3. The van der Waals surface area contributed by atoms with Crippen molar-refractivity contribution in [1.29, 1.82) is 0 Å². The maximum atomic E-state index is 12.9. The molecule has 0 saturated carbocycles. The van der Waals surface area contributed by atoms with E-state index in [0.717, 1.165) is 5.56 Å². The highest BCUT2D eigenvalue weighted by Crippen LogP contribution is 2.19. The van der Waals surface area contributed by atoms with E-state index in [0.29, 0.717) is 11.3 Å². The molecule has 0 bridgehead atoms. The van der Waals surface area contributed by atoms with Crippen LogP contribution in [0.1, 0.15) is 28.8 Å². The minimum Gasteiger partial charge on any atom is -0.352 e. The molecular weight excluding hydrogens is 337 g/mol. The predicted molar refractivity (Wildman–Crippen MR) is 93.8 cm³/mol. The molecule has 3 N–H and O–H groups in total. The number of halogens is 1. The van der Waals surface area contributed by atoms with E-state index >= 15 is 0 Å². The Morgan fingerprint density at radius 1 is 1.08 bits per heavy atom. The van der Waals surface area contributed by atoms with Gasteiger partial charge in [0.05, 0.1) is 11.3 Å². The van der Waals surface area contributed by atoms with Crippen molar-refractivity contribution in [1.82, 2.24) is 10.6 Å². The number of hydrogen-bond donors (Lipinski definition) is 3. The number of nitrogens with one attached hydrogen (secondary N) is 3. The minimum atomic E-state index is -0.786. The molecule has 0 fully saturated rings. The van der Waals surface area contributed by atoms with E-state index in [1.165, 1.54) is 12.1 Å². The molecule has 1 aliphatic rings. The predicted octanol–water partition coefficient (Wildman–Crippen LogP) is 1.97. The van der Waals surface area contributed by atoms with Gasteiger partial charge >= 0.3 is 0 Å². The molecule has 1 aliphatic heterocycles. The first-order chi connectivity index (χ1) is 12.5. The third kappa shape index (κ3) is 4.24. The summed E-state index contributed by atoms with van der Waals surface area (Å²) in [5, 5.41) is 8.06. The second-order valence-corrected chi connectivity index (χ2v) is 6.00. The Kier molecular flexibility index (Phi) is 5.26. The van der Waals surface area contributed by atoms with Crippen LogP contribution in [-0.4, -0.2) is 23.8 Å². The minimum absolute atomic E-state index is 0.0793. The second-order valence-electron chi connectivity index (χ2n) is 6.00. The molecule has 134 valence electrons. The van der Waals surface area contributed by atoms with Gasteiger partial charge in [0.25, 0.3) is 5.91 Å². The van der Waals surface area contributed by atoms with E-state index in [1.807, 2.05) is 0 Å². The Labute approximate surface area is 149 Å². The van der Waals surface area contributed by atoms with Crippen LogP contribution < -0.4 is 16.0 Å². The fraction of sp³-hybridized carbons (Fsp3) is 0.211. The first kappa shape index (κ1) is 17.6. The summed E-state index contributed by atoms with van der Waals surface area (Å²) >= 11 is 0. The fourth-order valence-corrected chi connectivity index (χ4v) is 2.68. The van der Waals surface area contributed by atoms with E-state index in [4.69, 9.17) is 0 Å². The first-order valence-corrected chi connectivity index (χ1v) is 8.25. The van der Waals surface area contributed by atoms with Crippen LogP contribution in [0.2, 0.25) is 0 Å². The highest BCUT2D eigenvalue weighted by Gasteiger charge is 2.27. The molecule has 0 radical (unpaired) electrons. The van der Waals surface area contributed by atoms with Crippen LogP contribution in [0, 0.1) is 5.82 Å². The summed E-state index contributed by atoms with van der Waals surface area (Å²) in [6.07, 6.45) is 0.261. The van der Waals surface area contributed by atoms with Crippen molar-refractivity contribution in [3.05, 3.63) is 65.5 Å². The molecule has 0 aromatic heterocycles. The summed E-state index contributed by atoms with van der Waals surface area (Å²) in [7, 11) is 0. The molecule has 0 spiro atoms. The largest absolute Gasteiger partial charge is 0.352 e. The van der Waals surface area contributed by atoms with Crippen molar-refractivity contribution in [2.75, 3.05) is 5.32 Å². The monoisotopic (exact) mass is 355 g/mol. The molecule has 0 aliphatic carbocycles. The smallest absolute Gasteiger partial charge is 0.254 e. The highest BCUT2D eigenvalue weighted by molar-refractivity contribution is 6.09. The fourth-order valence-electron chi connectivity index (χ4n) is 2.68. The molecule has 0 saturated heterocycles. The number of carbonyl (C=O) groups is 3. The number of benzene rings is 2. The number of fused-ring (bicyclic) bond motifs is 1. The van der Waals surface area contributed by atoms with Crippen LogP contribution in [0.15, 0.2) is 48.5 Å². The SMILES string of the molecule is O=C(CCC1NC(=O)c2ccccc2NC1=O)NCc1ccc(F)cc1. The number of amides is 3. The zero-order valence-electron chi connectivity index (χ0n) is 13.9. The molecule has 1 unspecified atom stereocenters. The van der Waals surface area contributed by atoms with Crippen LogP contribution in [0.4, 0.5) is 10.1 Å². The Hall–Kier alpha value is -3.22. The van der Waals surface area contributed by atoms with Gasteiger partial charge in [-0.2, -0.15) is 0 Å². The molecular formula is C19H18FN3O3. The zero-order valence-corrected chi connectivity index (χ0v) is 13.9. The Morgan fingerprint density at radius 3 is 2.58 bits per heavy atom. The average Bonchev–Trinajstić information content (AvgIpc) is 2.76. The molecule has 7 heteroatoms. The number of hydrogen-bond acceptors (Lipinski definition) is 3. The van der Waals surface area contributed by atoms with Gasteiger partial charge < -0.3 is 16.0 Å². The molecule has 3 rings (SSSR count). The average molecular weight is 355 g/mol. The zero-order chi connectivity index (χ0) is 18.5. The van der Waals surface area contributed by atoms with E-state index in [-0.39, 0.29) is 42.9 Å². The van der Waals surface area contributed by atoms with E-state index in [2.05, 4.69) is 16.0 Å². The van der Waals surface area contributed by atoms with E-state index in [9.17, 15) is 18.8 Å². The Balaban J connectivity index is 1.52. The molecule has 1 heterocycles. The highest BCUT2D eigenvalue weighted by atomic mass is 19.1. The lowest BCUT2D eigenvalue weighted by Crippen LogP contribution is -2.42. The lowest BCUT2D eigenvalue weighted by atomic mass is 10.1. The van der Waals surface area contributed by atoms with Gasteiger partial charge in [-0.1, -0.05) is 24.3 Å². The summed E-state index contributed by atoms with van der Waals surface area (Å²) in [5.74, 6) is -1.29. The van der Waals surface area contributed by atoms with Crippen molar-refractivity contribution in [2.45, 2.75) is 25.4 Å². The van der Waals surface area contributed by atoms with E-state index < -0.39 is 6.04 Å². The molecule has 2 aromatic carbocycles. The summed E-state index contributed by atoms with van der Waals surface area (Å²) in [5.41, 5.74) is 1.62. The van der Waals surface area contributed by atoms with Crippen molar-refractivity contribution in [3.8, 4) is 0 Å². The van der Waals surface area contributed by atoms with Crippen LogP contribution >= 0.6 is 0 Å². The molecule has 3 amide bonds. The van der Waals surface area contributed by atoms with Gasteiger partial charge in [-0.05, 0) is 36.2 Å². The van der Waals surface area contributed by atoms with Crippen molar-refractivity contribution in [3.63, 3.8) is 0 Å². The third-order valence-corrected chi connectivity index (χ3v) is 4.11. The van der Waals surface area contributed by atoms with Crippen LogP contribution in [0.25, 0.3) is 0 Å². The van der Waals surface area contributed by atoms with Gasteiger partial charge in [0, 0.05) is 13.0 Å². The van der Waals surface area contributed by atoms with Crippen LogP contribution in [-0.2, 0) is 16.1 Å². The maximum Gasteiger partial charge on any atom is 0.254 e. The summed E-state index contributed by atoms with van der Waals surface area (Å²) in [4.78, 5) is 36.5. The van der Waals surface area contributed by atoms with Gasteiger partial charge in [0.15, 0.2) is 0 Å². The molecule has 6 nitrogen and oxygen atoms in total. The van der Waals surface area contributed by atoms with Gasteiger partial charge in [-0.25, -0.2) is 4.39 Å². The van der Waals surface area contributed by atoms with Crippen molar-refractivity contribution >= 4 is 23.4 Å². The lowest BCUT2D eigenvalue weighted by Gasteiger charge is -2.14. The van der Waals surface area contributed by atoms with Gasteiger partial charge in [-0.3, -0.25) is 14.4 Å². The summed E-state index contributed by atoms with van der Waals surface area (Å²) in [6.45, 7) is 0.272. The number of para-hydroxylation sites is 1. The first-order valence-electron chi connectivity index (χ1n) is 8.25. The standard InChI is InChI=1S/C19H18FN3O3/c20-13-7-5-12(6-8-13)11-21-17(24)10-9-16-19(26)22-15-4-2-1-3-14(15)18(25)23-16/h1-8,16H,9-11H2,(H,21,24)(H,22,26)(H,23,25). The van der Waals surface area contributed by atoms with Crippen molar-refractivity contribution in [2.24, 2.45) is 0 Å².